The van der Waals surface area contributed by atoms with Crippen LogP contribution in [0.4, 0.5) is 0 Å². The molecule has 0 N–H and O–H groups in total. The number of hydrogen-bond acceptors (Lipinski definition) is 4. The van der Waals surface area contributed by atoms with Crippen molar-refractivity contribution >= 4 is 5.97 Å². The molecule has 1 aromatic carbocycles. The van der Waals surface area contributed by atoms with Gasteiger partial charge >= 0.3 is 5.97 Å². The van der Waals surface area contributed by atoms with E-state index in [1.54, 1.807) is 0 Å². The molecule has 4 heteroatoms. The summed E-state index contributed by atoms with van der Waals surface area (Å²) in [7, 11) is 2.11. The quantitative estimate of drug-likeness (QED) is 0.756. The summed E-state index contributed by atoms with van der Waals surface area (Å²) in [5, 5.41) is 0. The lowest BCUT2D eigenvalue weighted by Crippen LogP contribution is -2.45. The number of carbonyl (C=O) groups excluding carboxylic acids is 1. The van der Waals surface area contributed by atoms with E-state index in [0.29, 0.717) is 12.3 Å². The van der Waals surface area contributed by atoms with Crippen molar-refractivity contribution in [1.29, 1.82) is 0 Å². The number of carbonyl (C=O) groups is 1. The summed E-state index contributed by atoms with van der Waals surface area (Å²) in [5.41, 5.74) is 1.62. The van der Waals surface area contributed by atoms with Gasteiger partial charge in [-0.25, -0.2) is 4.79 Å². The summed E-state index contributed by atoms with van der Waals surface area (Å²) in [6.07, 6.45) is 0. The van der Waals surface area contributed by atoms with Gasteiger partial charge in [0.25, 0.3) is 0 Å². The molecule has 1 aliphatic rings. The number of benzene rings is 1. The van der Waals surface area contributed by atoms with Crippen molar-refractivity contribution < 1.29 is 9.53 Å². The standard InChI is InChI=1S/C14H20N2O2/c1-12-5-3-4-6-13(12)14(17)18-11-16-9-7-15(2)8-10-16/h3-6H,7-11H2,1-2H3. The van der Waals surface area contributed by atoms with Gasteiger partial charge in [-0.1, -0.05) is 18.2 Å². The smallest absolute Gasteiger partial charge is 0.339 e. The van der Waals surface area contributed by atoms with E-state index in [9.17, 15) is 4.79 Å². The molecule has 0 atom stereocenters. The third-order valence-corrected chi connectivity index (χ3v) is 3.34. The highest BCUT2D eigenvalue weighted by Gasteiger charge is 2.16. The number of nitrogens with zero attached hydrogens (tertiary/aromatic N) is 2. The van der Waals surface area contributed by atoms with Crippen LogP contribution in [-0.4, -0.2) is 55.7 Å². The molecule has 1 aromatic rings. The molecule has 1 fully saturated rings. The number of ether oxygens (including phenoxy) is 1. The normalized spacial score (nSPS) is 17.7. The molecule has 1 saturated heterocycles. The first kappa shape index (κ1) is 13.1. The third kappa shape index (κ3) is 3.31. The minimum atomic E-state index is -0.230. The summed E-state index contributed by atoms with van der Waals surface area (Å²) in [6, 6.07) is 7.51. The summed E-state index contributed by atoms with van der Waals surface area (Å²) >= 11 is 0. The van der Waals surface area contributed by atoms with E-state index < -0.39 is 0 Å². The van der Waals surface area contributed by atoms with Gasteiger partial charge < -0.3 is 9.64 Å². The molecular weight excluding hydrogens is 228 g/mol. The van der Waals surface area contributed by atoms with Gasteiger partial charge in [-0.15, -0.1) is 0 Å². The highest BCUT2D eigenvalue weighted by molar-refractivity contribution is 5.90. The van der Waals surface area contributed by atoms with E-state index in [4.69, 9.17) is 4.74 Å². The number of esters is 1. The lowest BCUT2D eigenvalue weighted by Gasteiger charge is -2.31. The Morgan fingerprint density at radius 3 is 2.56 bits per heavy atom. The molecule has 1 heterocycles. The first-order valence-corrected chi connectivity index (χ1v) is 6.30. The molecule has 0 aliphatic carbocycles. The van der Waals surface area contributed by atoms with Crippen molar-refractivity contribution in [1.82, 2.24) is 9.80 Å². The highest BCUT2D eigenvalue weighted by Crippen LogP contribution is 2.09. The molecule has 1 aliphatic heterocycles. The average molecular weight is 248 g/mol. The average Bonchev–Trinajstić information content (AvgIpc) is 2.38. The van der Waals surface area contributed by atoms with Gasteiger partial charge in [-0.3, -0.25) is 4.90 Å². The molecule has 0 bridgehead atoms. The Labute approximate surface area is 108 Å². The molecule has 0 spiro atoms. The van der Waals surface area contributed by atoms with Gasteiger partial charge in [0.2, 0.25) is 0 Å². The molecule has 0 unspecified atom stereocenters. The maximum absolute atomic E-state index is 11.9. The van der Waals surface area contributed by atoms with E-state index in [1.807, 2.05) is 31.2 Å². The monoisotopic (exact) mass is 248 g/mol. The van der Waals surface area contributed by atoms with E-state index in [0.717, 1.165) is 31.7 Å². The van der Waals surface area contributed by atoms with Crippen LogP contribution in [0.3, 0.4) is 0 Å². The number of aryl methyl sites for hydroxylation is 1. The minimum absolute atomic E-state index is 0.230. The topological polar surface area (TPSA) is 32.8 Å². The molecule has 18 heavy (non-hydrogen) atoms. The molecule has 0 amide bonds. The Balaban J connectivity index is 1.84. The van der Waals surface area contributed by atoms with Crippen molar-refractivity contribution in [2.24, 2.45) is 0 Å². The maximum atomic E-state index is 11.9. The van der Waals surface area contributed by atoms with Gasteiger partial charge in [0.1, 0.15) is 6.73 Å². The van der Waals surface area contributed by atoms with Crippen LogP contribution >= 0.6 is 0 Å². The summed E-state index contributed by atoms with van der Waals surface area (Å²) < 4.78 is 5.35. The molecular formula is C14H20N2O2. The van der Waals surface area contributed by atoms with Crippen LogP contribution in [0.15, 0.2) is 24.3 Å². The maximum Gasteiger partial charge on any atom is 0.339 e. The van der Waals surface area contributed by atoms with Crippen LogP contribution in [0.2, 0.25) is 0 Å². The zero-order chi connectivity index (χ0) is 13.0. The molecule has 0 radical (unpaired) electrons. The summed E-state index contributed by atoms with van der Waals surface area (Å²) in [5.74, 6) is -0.230. The van der Waals surface area contributed by atoms with Crippen molar-refractivity contribution in [3.05, 3.63) is 35.4 Å². The Bertz CT molecular complexity index is 412. The van der Waals surface area contributed by atoms with Crippen molar-refractivity contribution in [3.63, 3.8) is 0 Å². The van der Waals surface area contributed by atoms with Crippen molar-refractivity contribution in [2.45, 2.75) is 6.92 Å². The van der Waals surface area contributed by atoms with Crippen LogP contribution in [0.5, 0.6) is 0 Å². The second kappa shape index (κ2) is 5.98. The minimum Gasteiger partial charge on any atom is -0.446 e. The summed E-state index contributed by atoms with van der Waals surface area (Å²) in [4.78, 5) is 16.4. The highest BCUT2D eigenvalue weighted by atomic mass is 16.5. The van der Waals surface area contributed by atoms with Gasteiger partial charge in [0.15, 0.2) is 0 Å². The van der Waals surface area contributed by atoms with Crippen LogP contribution < -0.4 is 0 Å². The van der Waals surface area contributed by atoms with Crippen LogP contribution in [0.1, 0.15) is 15.9 Å². The van der Waals surface area contributed by atoms with Crippen LogP contribution in [-0.2, 0) is 4.74 Å². The Kier molecular flexibility index (Phi) is 4.33. The SMILES string of the molecule is Cc1ccccc1C(=O)OCN1CCN(C)CC1. The fraction of sp³-hybridized carbons (Fsp3) is 0.500. The first-order chi connectivity index (χ1) is 8.66. The van der Waals surface area contributed by atoms with E-state index in [1.165, 1.54) is 0 Å². The van der Waals surface area contributed by atoms with E-state index in [-0.39, 0.29) is 5.97 Å². The van der Waals surface area contributed by atoms with Gasteiger partial charge in [-0.05, 0) is 25.6 Å². The van der Waals surface area contributed by atoms with Crippen molar-refractivity contribution in [2.75, 3.05) is 40.0 Å². The van der Waals surface area contributed by atoms with Crippen molar-refractivity contribution in [3.8, 4) is 0 Å². The molecule has 0 saturated carbocycles. The van der Waals surface area contributed by atoms with E-state index in [2.05, 4.69) is 16.8 Å². The van der Waals surface area contributed by atoms with Gasteiger partial charge in [0.05, 0.1) is 5.56 Å². The van der Waals surface area contributed by atoms with Gasteiger partial charge in [0, 0.05) is 26.2 Å². The Morgan fingerprint density at radius 2 is 1.89 bits per heavy atom. The molecule has 98 valence electrons. The number of piperazine rings is 1. The second-order valence-corrected chi connectivity index (χ2v) is 4.80. The zero-order valence-corrected chi connectivity index (χ0v) is 11.1. The molecule has 2 rings (SSSR count). The van der Waals surface area contributed by atoms with Crippen LogP contribution in [0.25, 0.3) is 0 Å². The fourth-order valence-corrected chi connectivity index (χ4v) is 2.01. The third-order valence-electron chi connectivity index (χ3n) is 3.34. The summed E-state index contributed by atoms with van der Waals surface area (Å²) in [6.45, 7) is 6.28. The predicted octanol–water partition coefficient (Wildman–Crippen LogP) is 1.36. The second-order valence-electron chi connectivity index (χ2n) is 4.80. The lowest BCUT2D eigenvalue weighted by atomic mass is 10.1. The van der Waals surface area contributed by atoms with Gasteiger partial charge in [-0.2, -0.15) is 0 Å². The number of likely N-dealkylation sites (N-methyl/N-ethyl adjacent to an activating group) is 1. The Morgan fingerprint density at radius 1 is 1.22 bits per heavy atom. The fourth-order valence-electron chi connectivity index (χ4n) is 2.01. The Hall–Kier alpha value is -1.39. The lowest BCUT2D eigenvalue weighted by molar-refractivity contribution is 0.0101. The first-order valence-electron chi connectivity index (χ1n) is 6.30. The molecule has 4 nitrogen and oxygen atoms in total. The van der Waals surface area contributed by atoms with Crippen LogP contribution in [0, 0.1) is 6.92 Å². The number of hydrogen-bond donors (Lipinski definition) is 0. The largest absolute Gasteiger partial charge is 0.446 e. The van der Waals surface area contributed by atoms with E-state index >= 15 is 0 Å². The number of rotatable bonds is 3. The molecule has 0 aromatic heterocycles. The predicted molar refractivity (Wildman–Crippen MR) is 70.5 cm³/mol. The zero-order valence-electron chi connectivity index (χ0n) is 11.1.